The van der Waals surface area contributed by atoms with Gasteiger partial charge in [0.2, 0.25) is 5.91 Å². The van der Waals surface area contributed by atoms with Gasteiger partial charge in [-0.3, -0.25) is 4.79 Å². The first kappa shape index (κ1) is 14.0. The molecule has 0 aromatic heterocycles. The van der Waals surface area contributed by atoms with Gasteiger partial charge in [-0.15, -0.1) is 11.6 Å². The molecule has 0 bridgehead atoms. The third-order valence-electron chi connectivity index (χ3n) is 1.80. The zero-order valence-electron chi connectivity index (χ0n) is 9.08. The zero-order valence-corrected chi connectivity index (χ0v) is 9.83. The van der Waals surface area contributed by atoms with E-state index in [1.54, 1.807) is 24.3 Å². The van der Waals surface area contributed by atoms with Crippen LogP contribution in [-0.2, 0) is 0 Å². The Morgan fingerprint density at radius 3 is 2.13 bits per heavy atom. The van der Waals surface area contributed by atoms with E-state index in [0.717, 1.165) is 5.88 Å². The molecule has 0 spiro atoms. The lowest BCUT2D eigenvalue weighted by Gasteiger charge is -1.89. The minimum absolute atomic E-state index is 0.379. The number of hydrogen-bond donors (Lipinski definition) is 1. The standard InChI is InChI=1S/C7H7NO.C5H11Cl/c8-7(9)6-4-2-1-3-5-6;1-2-3-4-5-6/h1-5H,(H2,8,9);2-5H2,1H3. The minimum Gasteiger partial charge on any atom is -0.366 e. The summed E-state index contributed by atoms with van der Waals surface area (Å²) in [6, 6.07) is 8.76. The number of halogens is 1. The highest BCUT2D eigenvalue weighted by atomic mass is 35.5. The van der Waals surface area contributed by atoms with Crippen LogP contribution in [0.2, 0.25) is 0 Å². The van der Waals surface area contributed by atoms with Crippen LogP contribution in [0.1, 0.15) is 36.5 Å². The lowest BCUT2D eigenvalue weighted by Crippen LogP contribution is -2.09. The Bertz CT molecular complexity index is 258. The van der Waals surface area contributed by atoms with Gasteiger partial charge in [0, 0.05) is 11.4 Å². The number of nitrogens with two attached hydrogens (primary N) is 1. The van der Waals surface area contributed by atoms with Crippen LogP contribution in [0, 0.1) is 0 Å². The Hall–Kier alpha value is -1.02. The molecular formula is C12H18ClNO. The summed E-state index contributed by atoms with van der Waals surface area (Å²) >= 11 is 5.38. The Balaban J connectivity index is 0.000000288. The highest BCUT2D eigenvalue weighted by molar-refractivity contribution is 6.17. The van der Waals surface area contributed by atoms with Gasteiger partial charge >= 0.3 is 0 Å². The molecule has 2 N–H and O–H groups in total. The number of benzene rings is 1. The monoisotopic (exact) mass is 227 g/mol. The van der Waals surface area contributed by atoms with Gasteiger partial charge in [0.15, 0.2) is 0 Å². The average Bonchev–Trinajstić information content (AvgIpc) is 2.28. The molecule has 0 radical (unpaired) electrons. The number of alkyl halides is 1. The predicted octanol–water partition coefficient (Wildman–Crippen LogP) is 3.20. The second kappa shape index (κ2) is 9.53. The van der Waals surface area contributed by atoms with E-state index < -0.39 is 0 Å². The molecule has 0 aliphatic carbocycles. The molecule has 15 heavy (non-hydrogen) atoms. The number of rotatable bonds is 4. The highest BCUT2D eigenvalue weighted by Crippen LogP contribution is 1.95. The summed E-state index contributed by atoms with van der Waals surface area (Å²) in [5.41, 5.74) is 5.53. The first-order valence-electron chi connectivity index (χ1n) is 5.13. The molecule has 2 nitrogen and oxygen atoms in total. The third-order valence-corrected chi connectivity index (χ3v) is 2.06. The van der Waals surface area contributed by atoms with E-state index in [1.165, 1.54) is 19.3 Å². The number of carbonyl (C=O) groups excluding carboxylic acids is 1. The van der Waals surface area contributed by atoms with Gasteiger partial charge < -0.3 is 5.73 Å². The third kappa shape index (κ3) is 8.01. The molecule has 1 aromatic rings. The molecule has 0 saturated heterocycles. The molecule has 0 saturated carbocycles. The molecule has 0 fully saturated rings. The van der Waals surface area contributed by atoms with Crippen molar-refractivity contribution >= 4 is 17.5 Å². The smallest absolute Gasteiger partial charge is 0.248 e. The fourth-order valence-corrected chi connectivity index (χ4v) is 1.14. The lowest BCUT2D eigenvalue weighted by molar-refractivity contribution is 0.100. The molecule has 0 aliphatic rings. The number of carbonyl (C=O) groups is 1. The zero-order chi connectivity index (χ0) is 11.5. The summed E-state index contributed by atoms with van der Waals surface area (Å²) in [4.78, 5) is 10.4. The first-order chi connectivity index (χ1) is 7.22. The maximum Gasteiger partial charge on any atom is 0.248 e. The number of amides is 1. The normalized spacial score (nSPS) is 8.93. The number of unbranched alkanes of at least 4 members (excludes halogenated alkanes) is 2. The van der Waals surface area contributed by atoms with Crippen molar-refractivity contribution in [3.8, 4) is 0 Å². The molecular weight excluding hydrogens is 210 g/mol. The summed E-state index contributed by atoms with van der Waals surface area (Å²) in [5.74, 6) is 0.448. The summed E-state index contributed by atoms with van der Waals surface area (Å²) < 4.78 is 0. The maximum atomic E-state index is 10.4. The van der Waals surface area contributed by atoms with Crippen molar-refractivity contribution in [1.29, 1.82) is 0 Å². The second-order valence-corrected chi connectivity index (χ2v) is 3.50. The topological polar surface area (TPSA) is 43.1 Å². The minimum atomic E-state index is -0.379. The maximum absolute atomic E-state index is 10.4. The van der Waals surface area contributed by atoms with Crippen LogP contribution in [-0.4, -0.2) is 11.8 Å². The van der Waals surface area contributed by atoms with Gasteiger partial charge in [-0.1, -0.05) is 38.0 Å². The molecule has 0 heterocycles. The summed E-state index contributed by atoms with van der Waals surface area (Å²) in [7, 11) is 0. The fraction of sp³-hybridized carbons (Fsp3) is 0.417. The van der Waals surface area contributed by atoms with Crippen LogP contribution in [0.5, 0.6) is 0 Å². The van der Waals surface area contributed by atoms with Gasteiger partial charge in [0.1, 0.15) is 0 Å². The van der Waals surface area contributed by atoms with Crippen LogP contribution in [0.4, 0.5) is 0 Å². The van der Waals surface area contributed by atoms with Crippen LogP contribution in [0.15, 0.2) is 30.3 Å². The Morgan fingerprint density at radius 2 is 1.87 bits per heavy atom. The second-order valence-electron chi connectivity index (χ2n) is 3.13. The quantitative estimate of drug-likeness (QED) is 0.623. The SMILES string of the molecule is CCCCCCl.NC(=O)c1ccccc1. The van der Waals surface area contributed by atoms with E-state index in [2.05, 4.69) is 6.92 Å². The van der Waals surface area contributed by atoms with Gasteiger partial charge in [-0.2, -0.15) is 0 Å². The number of primary amides is 1. The predicted molar refractivity (Wildman–Crippen MR) is 65.2 cm³/mol. The van der Waals surface area contributed by atoms with E-state index in [-0.39, 0.29) is 5.91 Å². The van der Waals surface area contributed by atoms with Crippen LogP contribution in [0.3, 0.4) is 0 Å². The van der Waals surface area contributed by atoms with Crippen molar-refractivity contribution in [3.63, 3.8) is 0 Å². The molecule has 84 valence electrons. The van der Waals surface area contributed by atoms with E-state index >= 15 is 0 Å². The van der Waals surface area contributed by atoms with Crippen LogP contribution < -0.4 is 5.73 Å². The Kier molecular flexibility index (Phi) is 8.88. The lowest BCUT2D eigenvalue weighted by atomic mass is 10.2. The average molecular weight is 228 g/mol. The Labute approximate surface area is 96.4 Å². The van der Waals surface area contributed by atoms with E-state index in [4.69, 9.17) is 17.3 Å². The molecule has 1 rings (SSSR count). The van der Waals surface area contributed by atoms with Crippen molar-refractivity contribution in [2.45, 2.75) is 26.2 Å². The van der Waals surface area contributed by atoms with Crippen molar-refractivity contribution in [1.82, 2.24) is 0 Å². The van der Waals surface area contributed by atoms with E-state index in [9.17, 15) is 4.79 Å². The van der Waals surface area contributed by atoms with Gasteiger partial charge in [0.05, 0.1) is 0 Å². The van der Waals surface area contributed by atoms with Gasteiger partial charge in [-0.25, -0.2) is 0 Å². The Morgan fingerprint density at radius 1 is 1.27 bits per heavy atom. The van der Waals surface area contributed by atoms with Crippen molar-refractivity contribution in [2.75, 3.05) is 5.88 Å². The summed E-state index contributed by atoms with van der Waals surface area (Å²) in [6.07, 6.45) is 3.73. The fourth-order valence-electron chi connectivity index (χ4n) is 0.947. The van der Waals surface area contributed by atoms with Gasteiger partial charge in [0.25, 0.3) is 0 Å². The van der Waals surface area contributed by atoms with Crippen molar-refractivity contribution < 1.29 is 4.79 Å². The summed E-state index contributed by atoms with van der Waals surface area (Å²) in [6.45, 7) is 2.17. The van der Waals surface area contributed by atoms with E-state index in [0.29, 0.717) is 5.56 Å². The highest BCUT2D eigenvalue weighted by Gasteiger charge is 1.93. The molecule has 1 amide bonds. The van der Waals surface area contributed by atoms with Crippen LogP contribution in [0.25, 0.3) is 0 Å². The molecule has 0 atom stereocenters. The van der Waals surface area contributed by atoms with Crippen molar-refractivity contribution in [2.24, 2.45) is 5.73 Å². The largest absolute Gasteiger partial charge is 0.366 e. The van der Waals surface area contributed by atoms with Gasteiger partial charge in [-0.05, 0) is 18.6 Å². The molecule has 3 heteroatoms. The van der Waals surface area contributed by atoms with Crippen molar-refractivity contribution in [3.05, 3.63) is 35.9 Å². The first-order valence-corrected chi connectivity index (χ1v) is 5.66. The molecule has 1 aromatic carbocycles. The molecule has 0 unspecified atom stereocenters. The molecule has 0 aliphatic heterocycles. The number of hydrogen-bond acceptors (Lipinski definition) is 1. The van der Waals surface area contributed by atoms with Crippen LogP contribution >= 0.6 is 11.6 Å². The summed E-state index contributed by atoms with van der Waals surface area (Å²) in [5, 5.41) is 0. The van der Waals surface area contributed by atoms with E-state index in [1.807, 2.05) is 6.07 Å².